The molecule has 0 aliphatic heterocycles. The highest BCUT2D eigenvalue weighted by Gasteiger charge is 2.11. The smallest absolute Gasteiger partial charge is 0.169 e. The standard InChI is InChI=1S/C13H19FN2OS/c1-3-16(8-7-12(15)18)9-10-5-4-6-11(17-2)13(10)14/h4-6H,3,7-9H2,1-2H3,(H2,15,18). The molecule has 0 aliphatic rings. The fourth-order valence-corrected chi connectivity index (χ4v) is 1.79. The molecule has 0 bridgehead atoms. The molecule has 2 N–H and O–H groups in total. The van der Waals surface area contributed by atoms with Gasteiger partial charge in [0.1, 0.15) is 0 Å². The zero-order valence-corrected chi connectivity index (χ0v) is 11.6. The van der Waals surface area contributed by atoms with Crippen molar-refractivity contribution in [3.63, 3.8) is 0 Å². The Balaban J connectivity index is 2.72. The Labute approximate surface area is 113 Å². The van der Waals surface area contributed by atoms with Crippen LogP contribution in [0.5, 0.6) is 5.75 Å². The average Bonchev–Trinajstić information content (AvgIpc) is 2.36. The molecule has 0 atom stereocenters. The topological polar surface area (TPSA) is 38.5 Å². The minimum Gasteiger partial charge on any atom is -0.494 e. The largest absolute Gasteiger partial charge is 0.494 e. The van der Waals surface area contributed by atoms with Gasteiger partial charge in [-0.3, -0.25) is 4.90 Å². The van der Waals surface area contributed by atoms with Crippen molar-refractivity contribution in [3.8, 4) is 5.75 Å². The van der Waals surface area contributed by atoms with Gasteiger partial charge in [-0.15, -0.1) is 0 Å². The van der Waals surface area contributed by atoms with Crippen LogP contribution in [0.15, 0.2) is 18.2 Å². The van der Waals surface area contributed by atoms with E-state index in [1.165, 1.54) is 7.11 Å². The summed E-state index contributed by atoms with van der Waals surface area (Å²) in [6.07, 6.45) is 0.648. The van der Waals surface area contributed by atoms with Crippen molar-refractivity contribution in [2.24, 2.45) is 5.73 Å². The summed E-state index contributed by atoms with van der Waals surface area (Å²) in [5.74, 6) is -0.0216. The number of nitrogens with zero attached hydrogens (tertiary/aromatic N) is 1. The van der Waals surface area contributed by atoms with Crippen molar-refractivity contribution in [3.05, 3.63) is 29.6 Å². The molecular formula is C13H19FN2OS. The zero-order valence-electron chi connectivity index (χ0n) is 10.8. The lowest BCUT2D eigenvalue weighted by Gasteiger charge is -2.20. The number of hydrogen-bond donors (Lipinski definition) is 1. The number of ether oxygens (including phenoxy) is 1. The first-order chi connectivity index (χ1) is 8.58. The molecule has 0 spiro atoms. The van der Waals surface area contributed by atoms with Crippen LogP contribution in [0.4, 0.5) is 4.39 Å². The van der Waals surface area contributed by atoms with Crippen LogP contribution in [0.2, 0.25) is 0 Å². The second-order valence-corrected chi connectivity index (χ2v) is 4.54. The first-order valence-corrected chi connectivity index (χ1v) is 6.31. The van der Waals surface area contributed by atoms with Gasteiger partial charge < -0.3 is 10.5 Å². The van der Waals surface area contributed by atoms with Gasteiger partial charge in [0.05, 0.1) is 12.1 Å². The normalized spacial score (nSPS) is 10.7. The Hall–Kier alpha value is -1.20. The molecule has 0 saturated heterocycles. The Bertz CT molecular complexity index is 412. The maximum Gasteiger partial charge on any atom is 0.169 e. The molecule has 5 heteroatoms. The molecule has 0 amide bonds. The third-order valence-corrected chi connectivity index (χ3v) is 2.98. The van der Waals surface area contributed by atoms with E-state index in [4.69, 9.17) is 22.7 Å². The molecular weight excluding hydrogens is 251 g/mol. The molecule has 0 unspecified atom stereocenters. The van der Waals surface area contributed by atoms with E-state index in [0.717, 1.165) is 13.1 Å². The molecule has 100 valence electrons. The number of halogens is 1. The van der Waals surface area contributed by atoms with Gasteiger partial charge in [0.2, 0.25) is 0 Å². The van der Waals surface area contributed by atoms with Gasteiger partial charge in [-0.05, 0) is 12.6 Å². The molecule has 3 nitrogen and oxygen atoms in total. The SMILES string of the molecule is CCN(CCC(N)=S)Cc1cccc(OC)c1F. The van der Waals surface area contributed by atoms with Gasteiger partial charge in [0.15, 0.2) is 11.6 Å². The van der Waals surface area contributed by atoms with Crippen LogP contribution in [0.1, 0.15) is 18.9 Å². The summed E-state index contributed by atoms with van der Waals surface area (Å²) in [5.41, 5.74) is 6.10. The van der Waals surface area contributed by atoms with Crippen LogP contribution >= 0.6 is 12.2 Å². The van der Waals surface area contributed by atoms with E-state index in [0.29, 0.717) is 23.5 Å². The molecule has 1 aromatic carbocycles. The van der Waals surface area contributed by atoms with Gasteiger partial charge in [-0.25, -0.2) is 4.39 Å². The summed E-state index contributed by atoms with van der Waals surface area (Å²) in [7, 11) is 1.46. The van der Waals surface area contributed by atoms with Crippen LogP contribution in [-0.4, -0.2) is 30.1 Å². The number of thiocarbonyl (C=S) groups is 1. The van der Waals surface area contributed by atoms with Crippen LogP contribution in [-0.2, 0) is 6.54 Å². The van der Waals surface area contributed by atoms with Gasteiger partial charge in [0.25, 0.3) is 0 Å². The van der Waals surface area contributed by atoms with Crippen molar-refractivity contribution in [2.75, 3.05) is 20.2 Å². The van der Waals surface area contributed by atoms with Crippen molar-refractivity contribution < 1.29 is 9.13 Å². The van der Waals surface area contributed by atoms with Crippen LogP contribution in [0.3, 0.4) is 0 Å². The van der Waals surface area contributed by atoms with Gasteiger partial charge in [0, 0.05) is 25.1 Å². The molecule has 0 aliphatic carbocycles. The maximum atomic E-state index is 14.0. The van der Waals surface area contributed by atoms with Gasteiger partial charge in [-0.2, -0.15) is 0 Å². The Morgan fingerprint density at radius 1 is 1.50 bits per heavy atom. The van der Waals surface area contributed by atoms with Crippen LogP contribution in [0.25, 0.3) is 0 Å². The first kappa shape index (κ1) is 14.9. The van der Waals surface area contributed by atoms with E-state index in [1.54, 1.807) is 18.2 Å². The highest BCUT2D eigenvalue weighted by molar-refractivity contribution is 7.80. The maximum absolute atomic E-state index is 14.0. The third-order valence-electron chi connectivity index (χ3n) is 2.78. The summed E-state index contributed by atoms with van der Waals surface area (Å²) in [5, 5.41) is 0. The van der Waals surface area contributed by atoms with E-state index >= 15 is 0 Å². The van der Waals surface area contributed by atoms with Crippen molar-refractivity contribution in [1.82, 2.24) is 4.90 Å². The number of hydrogen-bond acceptors (Lipinski definition) is 3. The van der Waals surface area contributed by atoms with Crippen molar-refractivity contribution in [1.29, 1.82) is 0 Å². The second kappa shape index (κ2) is 7.28. The predicted octanol–water partition coefficient (Wildman–Crippen LogP) is 2.33. The fraction of sp³-hybridized carbons (Fsp3) is 0.462. The van der Waals surface area contributed by atoms with Crippen LogP contribution < -0.4 is 10.5 Å². The fourth-order valence-electron chi connectivity index (χ4n) is 1.69. The predicted molar refractivity (Wildman–Crippen MR) is 75.3 cm³/mol. The van der Waals surface area contributed by atoms with E-state index in [-0.39, 0.29) is 11.6 Å². The molecule has 0 heterocycles. The number of rotatable bonds is 7. The van der Waals surface area contributed by atoms with E-state index in [1.807, 2.05) is 6.92 Å². The Morgan fingerprint density at radius 3 is 2.78 bits per heavy atom. The molecule has 0 radical (unpaired) electrons. The number of benzene rings is 1. The van der Waals surface area contributed by atoms with Crippen LogP contribution in [0, 0.1) is 5.82 Å². The first-order valence-electron chi connectivity index (χ1n) is 5.90. The molecule has 0 saturated carbocycles. The summed E-state index contributed by atoms with van der Waals surface area (Å²) >= 11 is 4.85. The van der Waals surface area contributed by atoms with E-state index in [9.17, 15) is 4.39 Å². The zero-order chi connectivity index (χ0) is 13.5. The lowest BCUT2D eigenvalue weighted by molar-refractivity contribution is 0.282. The number of nitrogens with two attached hydrogens (primary N) is 1. The second-order valence-electron chi connectivity index (χ2n) is 4.02. The summed E-state index contributed by atoms with van der Waals surface area (Å²) in [6.45, 7) is 4.11. The summed E-state index contributed by atoms with van der Waals surface area (Å²) in [4.78, 5) is 2.58. The van der Waals surface area contributed by atoms with Crippen molar-refractivity contribution >= 4 is 17.2 Å². The average molecular weight is 270 g/mol. The molecule has 0 aromatic heterocycles. The van der Waals surface area contributed by atoms with Gasteiger partial charge in [-0.1, -0.05) is 31.3 Å². The lowest BCUT2D eigenvalue weighted by Crippen LogP contribution is -2.27. The molecule has 18 heavy (non-hydrogen) atoms. The third kappa shape index (κ3) is 4.23. The number of methoxy groups -OCH3 is 1. The van der Waals surface area contributed by atoms with E-state index < -0.39 is 0 Å². The Morgan fingerprint density at radius 2 is 2.22 bits per heavy atom. The van der Waals surface area contributed by atoms with Crippen molar-refractivity contribution in [2.45, 2.75) is 19.9 Å². The highest BCUT2D eigenvalue weighted by Crippen LogP contribution is 2.21. The minimum absolute atomic E-state index is 0.276. The minimum atomic E-state index is -0.297. The van der Waals surface area contributed by atoms with Gasteiger partial charge >= 0.3 is 0 Å². The monoisotopic (exact) mass is 270 g/mol. The van der Waals surface area contributed by atoms with E-state index in [2.05, 4.69) is 4.90 Å². The summed E-state index contributed by atoms with van der Waals surface area (Å²) in [6, 6.07) is 5.17. The molecule has 0 fully saturated rings. The Kier molecular flexibility index (Phi) is 6.01. The molecule has 1 aromatic rings. The quantitative estimate of drug-likeness (QED) is 0.772. The highest BCUT2D eigenvalue weighted by atomic mass is 32.1. The lowest BCUT2D eigenvalue weighted by atomic mass is 10.2. The molecule has 1 rings (SSSR count). The summed E-state index contributed by atoms with van der Waals surface area (Å²) < 4.78 is 18.9.